The highest BCUT2D eigenvalue weighted by Crippen LogP contribution is 2.24. The molecule has 0 atom stereocenters. The van der Waals surface area contributed by atoms with Gasteiger partial charge in [0.25, 0.3) is 5.78 Å². The molecular weight excluding hydrogens is 372 g/mol. The molecule has 0 aliphatic rings. The first-order chi connectivity index (χ1) is 11.9. The van der Waals surface area contributed by atoms with Gasteiger partial charge in [-0.05, 0) is 35.5 Å². The van der Waals surface area contributed by atoms with Crippen molar-refractivity contribution in [2.24, 2.45) is 0 Å². The van der Waals surface area contributed by atoms with E-state index in [1.54, 1.807) is 0 Å². The standard InChI is InChI=1S/C14H9ClN4O5S/c15-8-1-3-10(4-2-8)25(22,23)11-5-9(24-7-11)6-12(20)13(21)14-16-18-19-17-14/h1-5,7H,6H2,(H,16,17,18,19). The van der Waals surface area contributed by atoms with Crippen LogP contribution in [0.5, 0.6) is 0 Å². The molecule has 0 saturated heterocycles. The van der Waals surface area contributed by atoms with Crippen molar-refractivity contribution in [2.45, 2.75) is 16.2 Å². The first-order valence-electron chi connectivity index (χ1n) is 6.77. The zero-order chi connectivity index (χ0) is 18.0. The summed E-state index contributed by atoms with van der Waals surface area (Å²) in [5.74, 6) is -2.15. The van der Waals surface area contributed by atoms with Gasteiger partial charge in [0.2, 0.25) is 21.4 Å². The van der Waals surface area contributed by atoms with E-state index >= 15 is 0 Å². The number of sulfone groups is 1. The first kappa shape index (κ1) is 17.0. The molecule has 0 aliphatic carbocycles. The van der Waals surface area contributed by atoms with Crippen molar-refractivity contribution in [2.75, 3.05) is 0 Å². The number of carbonyl (C=O) groups is 2. The monoisotopic (exact) mass is 380 g/mol. The van der Waals surface area contributed by atoms with Crippen LogP contribution in [0.4, 0.5) is 0 Å². The van der Waals surface area contributed by atoms with Crippen LogP contribution in [-0.4, -0.2) is 40.6 Å². The van der Waals surface area contributed by atoms with E-state index in [4.69, 9.17) is 16.0 Å². The molecule has 128 valence electrons. The second-order valence-corrected chi connectivity index (χ2v) is 7.26. The van der Waals surface area contributed by atoms with Gasteiger partial charge < -0.3 is 4.42 Å². The van der Waals surface area contributed by atoms with Gasteiger partial charge >= 0.3 is 0 Å². The molecule has 0 bridgehead atoms. The van der Waals surface area contributed by atoms with Gasteiger partial charge in [-0.2, -0.15) is 5.21 Å². The van der Waals surface area contributed by atoms with E-state index in [-0.39, 0.29) is 21.4 Å². The van der Waals surface area contributed by atoms with E-state index in [9.17, 15) is 18.0 Å². The number of halogens is 1. The average molecular weight is 381 g/mol. The number of ketones is 2. The number of tetrazole rings is 1. The fraction of sp³-hybridized carbons (Fsp3) is 0.0714. The average Bonchev–Trinajstić information content (AvgIpc) is 3.26. The van der Waals surface area contributed by atoms with E-state index in [0.717, 1.165) is 6.26 Å². The van der Waals surface area contributed by atoms with Gasteiger partial charge in [-0.15, -0.1) is 10.2 Å². The Labute approximate surface area is 145 Å². The molecule has 0 amide bonds. The van der Waals surface area contributed by atoms with Crippen molar-refractivity contribution in [3.63, 3.8) is 0 Å². The van der Waals surface area contributed by atoms with E-state index in [1.165, 1.54) is 30.3 Å². The molecular formula is C14H9ClN4O5S. The second kappa shape index (κ2) is 6.57. The van der Waals surface area contributed by atoms with Crippen molar-refractivity contribution in [1.29, 1.82) is 0 Å². The molecule has 11 heteroatoms. The Morgan fingerprint density at radius 2 is 1.88 bits per heavy atom. The summed E-state index contributed by atoms with van der Waals surface area (Å²) in [6.07, 6.45) is 0.578. The van der Waals surface area contributed by atoms with Crippen molar-refractivity contribution in [1.82, 2.24) is 20.6 Å². The fourth-order valence-electron chi connectivity index (χ4n) is 1.97. The maximum Gasteiger partial charge on any atom is 0.269 e. The zero-order valence-electron chi connectivity index (χ0n) is 12.3. The Morgan fingerprint density at radius 3 is 2.52 bits per heavy atom. The molecule has 9 nitrogen and oxygen atoms in total. The summed E-state index contributed by atoms with van der Waals surface area (Å²) in [6.45, 7) is 0. The van der Waals surface area contributed by atoms with Gasteiger partial charge in [0, 0.05) is 5.02 Å². The lowest BCUT2D eigenvalue weighted by atomic mass is 10.1. The van der Waals surface area contributed by atoms with Gasteiger partial charge in [0.05, 0.1) is 11.3 Å². The van der Waals surface area contributed by atoms with Gasteiger partial charge in [-0.25, -0.2) is 8.42 Å². The van der Waals surface area contributed by atoms with Crippen LogP contribution in [-0.2, 0) is 21.1 Å². The highest BCUT2D eigenvalue weighted by atomic mass is 35.5. The molecule has 0 aliphatic heterocycles. The van der Waals surface area contributed by atoms with Gasteiger partial charge in [0.15, 0.2) is 0 Å². The zero-order valence-corrected chi connectivity index (χ0v) is 13.9. The van der Waals surface area contributed by atoms with Crippen LogP contribution >= 0.6 is 11.6 Å². The number of nitrogens with zero attached hydrogens (tertiary/aromatic N) is 3. The van der Waals surface area contributed by atoms with E-state index in [2.05, 4.69) is 20.6 Å². The summed E-state index contributed by atoms with van der Waals surface area (Å²) in [4.78, 5) is 23.5. The lowest BCUT2D eigenvalue weighted by Gasteiger charge is -2.00. The van der Waals surface area contributed by atoms with Gasteiger partial charge in [-0.3, -0.25) is 9.59 Å². The predicted molar refractivity (Wildman–Crippen MR) is 82.8 cm³/mol. The minimum Gasteiger partial charge on any atom is -0.467 e. The first-order valence-corrected chi connectivity index (χ1v) is 8.63. The normalized spacial score (nSPS) is 11.4. The Balaban J connectivity index is 1.79. The molecule has 1 aromatic carbocycles. The Hall–Kier alpha value is -2.85. The smallest absolute Gasteiger partial charge is 0.269 e. The minimum absolute atomic E-state index is 0.0226. The largest absolute Gasteiger partial charge is 0.467 e. The molecule has 0 saturated carbocycles. The van der Waals surface area contributed by atoms with E-state index in [0.29, 0.717) is 5.02 Å². The molecule has 25 heavy (non-hydrogen) atoms. The molecule has 0 fully saturated rings. The number of aromatic nitrogens is 4. The van der Waals surface area contributed by atoms with Crippen molar-refractivity contribution in [3.8, 4) is 0 Å². The van der Waals surface area contributed by atoms with Crippen molar-refractivity contribution < 1.29 is 22.4 Å². The maximum atomic E-state index is 12.5. The highest BCUT2D eigenvalue weighted by Gasteiger charge is 2.25. The lowest BCUT2D eigenvalue weighted by Crippen LogP contribution is -2.18. The maximum absolute atomic E-state index is 12.5. The lowest BCUT2D eigenvalue weighted by molar-refractivity contribution is -0.114. The minimum atomic E-state index is -3.82. The number of H-pyrrole nitrogens is 1. The molecule has 0 spiro atoms. The third-order valence-corrected chi connectivity index (χ3v) is 5.18. The highest BCUT2D eigenvalue weighted by molar-refractivity contribution is 7.91. The topological polar surface area (TPSA) is 136 Å². The number of nitrogens with one attached hydrogen (secondary N) is 1. The molecule has 2 aromatic heterocycles. The number of aromatic amines is 1. The fourth-order valence-corrected chi connectivity index (χ4v) is 3.32. The molecule has 0 unspecified atom stereocenters. The summed E-state index contributed by atoms with van der Waals surface area (Å²) in [7, 11) is -3.82. The van der Waals surface area contributed by atoms with Crippen LogP contribution < -0.4 is 0 Å². The number of hydrogen-bond acceptors (Lipinski definition) is 8. The van der Waals surface area contributed by atoms with E-state index in [1.807, 2.05) is 0 Å². The van der Waals surface area contributed by atoms with E-state index < -0.39 is 27.8 Å². The molecule has 0 radical (unpaired) electrons. The number of rotatable bonds is 6. The van der Waals surface area contributed by atoms with Crippen LogP contribution in [0.3, 0.4) is 0 Å². The SMILES string of the molecule is O=C(Cc1cc(S(=O)(=O)c2ccc(Cl)cc2)co1)C(=O)c1nn[nH]n1. The van der Waals surface area contributed by atoms with Crippen LogP contribution in [0, 0.1) is 0 Å². The van der Waals surface area contributed by atoms with Gasteiger partial charge in [-0.1, -0.05) is 11.6 Å². The number of carbonyl (C=O) groups excluding carboxylic acids is 2. The number of benzene rings is 1. The molecule has 2 heterocycles. The molecule has 1 N–H and O–H groups in total. The second-order valence-electron chi connectivity index (χ2n) is 4.87. The molecule has 3 aromatic rings. The summed E-state index contributed by atoms with van der Waals surface area (Å²) in [6, 6.07) is 6.79. The quantitative estimate of drug-likeness (QED) is 0.498. The number of hydrogen-bond donors (Lipinski definition) is 1. The summed E-state index contributed by atoms with van der Waals surface area (Å²) in [5.41, 5.74) is 0. The Bertz CT molecular complexity index is 1030. The van der Waals surface area contributed by atoms with Crippen LogP contribution in [0.2, 0.25) is 5.02 Å². The Morgan fingerprint density at radius 1 is 1.16 bits per heavy atom. The van der Waals surface area contributed by atoms with Crippen LogP contribution in [0.1, 0.15) is 16.4 Å². The molecule has 3 rings (SSSR count). The summed E-state index contributed by atoms with van der Waals surface area (Å²) >= 11 is 5.74. The Kier molecular flexibility index (Phi) is 4.47. The third-order valence-electron chi connectivity index (χ3n) is 3.20. The summed E-state index contributed by atoms with van der Waals surface area (Å²) < 4.78 is 30.0. The van der Waals surface area contributed by atoms with Gasteiger partial charge in [0.1, 0.15) is 16.9 Å². The van der Waals surface area contributed by atoms with Crippen molar-refractivity contribution in [3.05, 3.63) is 53.2 Å². The predicted octanol–water partition coefficient (Wildman–Crippen LogP) is 1.27. The number of Topliss-reactive ketones (excluding diaryl/α,β-unsaturated/α-hetero) is 2. The van der Waals surface area contributed by atoms with Crippen LogP contribution in [0.15, 0.2) is 50.8 Å². The summed E-state index contributed by atoms with van der Waals surface area (Å²) in [5, 5.41) is 12.5. The van der Waals surface area contributed by atoms with Crippen molar-refractivity contribution >= 4 is 33.0 Å². The number of furan rings is 1. The van der Waals surface area contributed by atoms with Crippen LogP contribution in [0.25, 0.3) is 0 Å². The third kappa shape index (κ3) is 3.49.